The summed E-state index contributed by atoms with van der Waals surface area (Å²) in [5.74, 6) is -1.70. The summed E-state index contributed by atoms with van der Waals surface area (Å²) in [4.78, 5) is 22.5. The van der Waals surface area contributed by atoms with Gasteiger partial charge in [0, 0.05) is 0 Å². The van der Waals surface area contributed by atoms with E-state index in [1.165, 1.54) is 0 Å². The molecule has 2 fully saturated rings. The summed E-state index contributed by atoms with van der Waals surface area (Å²) in [6.45, 7) is 1.81. The van der Waals surface area contributed by atoms with Crippen LogP contribution >= 0.6 is 0 Å². The molecular formula is C9H8O4. The summed E-state index contributed by atoms with van der Waals surface area (Å²) in [6.07, 6.45) is 3.42. The summed E-state index contributed by atoms with van der Waals surface area (Å²) in [5, 5.41) is 0. The van der Waals surface area contributed by atoms with Crippen molar-refractivity contribution in [3.63, 3.8) is 0 Å². The normalized spacial score (nSPS) is 51.3. The number of carbonyl (C=O) groups excluding carboxylic acids is 2. The van der Waals surface area contributed by atoms with Gasteiger partial charge in [-0.05, 0) is 6.92 Å². The van der Waals surface area contributed by atoms with Gasteiger partial charge in [-0.3, -0.25) is 9.59 Å². The molecule has 68 valence electrons. The smallest absolute Gasteiger partial charge is 0.320 e. The predicted molar refractivity (Wildman–Crippen MR) is 40.5 cm³/mol. The van der Waals surface area contributed by atoms with Gasteiger partial charge in [0.25, 0.3) is 0 Å². The van der Waals surface area contributed by atoms with Crippen molar-refractivity contribution in [2.24, 2.45) is 11.8 Å². The third kappa shape index (κ3) is 0.659. The molecule has 4 unspecified atom stereocenters. The molecular weight excluding hydrogens is 172 g/mol. The molecule has 3 heterocycles. The van der Waals surface area contributed by atoms with E-state index in [1.54, 1.807) is 0 Å². The minimum atomic E-state index is -0.613. The van der Waals surface area contributed by atoms with E-state index in [1.807, 2.05) is 19.1 Å². The standard InChI is InChI=1S/C9H8O4/c1-9-3-2-4(13-9)5-6(9)8(11)12-7(5)10/h2-6H,1H3. The van der Waals surface area contributed by atoms with E-state index >= 15 is 0 Å². The lowest BCUT2D eigenvalue weighted by molar-refractivity contribution is -0.157. The molecule has 0 aromatic carbocycles. The maximum Gasteiger partial charge on any atom is 0.320 e. The van der Waals surface area contributed by atoms with Gasteiger partial charge in [-0.15, -0.1) is 0 Å². The molecule has 0 saturated carbocycles. The van der Waals surface area contributed by atoms with Crippen molar-refractivity contribution < 1.29 is 19.1 Å². The fourth-order valence-electron chi connectivity index (χ4n) is 2.46. The highest BCUT2D eigenvalue weighted by atomic mass is 16.6. The minimum absolute atomic E-state index is 0.256. The van der Waals surface area contributed by atoms with Gasteiger partial charge in [-0.25, -0.2) is 0 Å². The summed E-state index contributed by atoms with van der Waals surface area (Å²) >= 11 is 0. The SMILES string of the molecule is CC12C=CC(O1)C1C(=O)OC(=O)C12. The fourth-order valence-corrected chi connectivity index (χ4v) is 2.46. The van der Waals surface area contributed by atoms with Crippen LogP contribution in [-0.2, 0) is 19.1 Å². The van der Waals surface area contributed by atoms with Crippen molar-refractivity contribution in [1.82, 2.24) is 0 Å². The van der Waals surface area contributed by atoms with Crippen LogP contribution in [0.2, 0.25) is 0 Å². The molecule has 3 rings (SSSR count). The second kappa shape index (κ2) is 1.85. The number of rotatable bonds is 0. The molecule has 0 aromatic heterocycles. The molecule has 4 atom stereocenters. The fraction of sp³-hybridized carbons (Fsp3) is 0.556. The Morgan fingerprint density at radius 2 is 2.15 bits per heavy atom. The predicted octanol–water partition coefficient (Wildman–Crippen LogP) is 0.0295. The first-order valence-corrected chi connectivity index (χ1v) is 4.24. The maximum atomic E-state index is 11.3. The van der Waals surface area contributed by atoms with Gasteiger partial charge < -0.3 is 9.47 Å². The number of cyclic esters (lactones) is 2. The van der Waals surface area contributed by atoms with E-state index in [0.717, 1.165) is 0 Å². The van der Waals surface area contributed by atoms with Crippen LogP contribution < -0.4 is 0 Å². The number of fused-ring (bicyclic) bond motifs is 5. The van der Waals surface area contributed by atoms with Gasteiger partial charge in [0.2, 0.25) is 0 Å². The number of hydrogen-bond acceptors (Lipinski definition) is 4. The van der Waals surface area contributed by atoms with E-state index in [2.05, 4.69) is 4.74 Å². The van der Waals surface area contributed by atoms with Crippen LogP contribution in [-0.4, -0.2) is 23.6 Å². The number of hydrogen-bond donors (Lipinski definition) is 0. The lowest BCUT2D eigenvalue weighted by Gasteiger charge is -2.20. The molecule has 0 amide bonds. The van der Waals surface area contributed by atoms with E-state index in [9.17, 15) is 9.59 Å². The number of esters is 2. The van der Waals surface area contributed by atoms with Crippen LogP contribution in [0.4, 0.5) is 0 Å². The molecule has 2 saturated heterocycles. The lowest BCUT2D eigenvalue weighted by atomic mass is 9.78. The Labute approximate surface area is 74.5 Å². The average molecular weight is 180 g/mol. The molecule has 4 nitrogen and oxygen atoms in total. The molecule has 0 radical (unpaired) electrons. The van der Waals surface area contributed by atoms with Crippen LogP contribution in [0.25, 0.3) is 0 Å². The van der Waals surface area contributed by atoms with E-state index in [-0.39, 0.29) is 6.10 Å². The first kappa shape index (κ1) is 7.26. The maximum absolute atomic E-state index is 11.3. The van der Waals surface area contributed by atoms with Gasteiger partial charge in [0.05, 0.1) is 11.7 Å². The summed E-state index contributed by atoms with van der Waals surface area (Å²) in [6, 6.07) is 0. The van der Waals surface area contributed by atoms with Gasteiger partial charge in [0.1, 0.15) is 11.8 Å². The van der Waals surface area contributed by atoms with Crippen molar-refractivity contribution in [2.75, 3.05) is 0 Å². The molecule has 3 aliphatic rings. The Morgan fingerprint density at radius 1 is 1.38 bits per heavy atom. The van der Waals surface area contributed by atoms with E-state index < -0.39 is 29.4 Å². The highest BCUT2D eigenvalue weighted by Crippen LogP contribution is 2.50. The van der Waals surface area contributed by atoms with Gasteiger partial charge >= 0.3 is 11.9 Å². The average Bonchev–Trinajstić information content (AvgIpc) is 2.62. The molecule has 13 heavy (non-hydrogen) atoms. The van der Waals surface area contributed by atoms with Crippen LogP contribution in [0.15, 0.2) is 12.2 Å². The van der Waals surface area contributed by atoms with Crippen LogP contribution in [0.1, 0.15) is 6.92 Å². The van der Waals surface area contributed by atoms with Gasteiger partial charge in [-0.2, -0.15) is 0 Å². The zero-order valence-corrected chi connectivity index (χ0v) is 7.02. The Bertz CT molecular complexity index is 346. The highest BCUT2D eigenvalue weighted by molar-refractivity contribution is 5.99. The second-order valence-electron chi connectivity index (χ2n) is 3.87. The topological polar surface area (TPSA) is 52.6 Å². The van der Waals surface area contributed by atoms with Crippen molar-refractivity contribution in [3.05, 3.63) is 12.2 Å². The Kier molecular flexibility index (Phi) is 1.03. The zero-order chi connectivity index (χ0) is 9.22. The van der Waals surface area contributed by atoms with E-state index in [0.29, 0.717) is 0 Å². The van der Waals surface area contributed by atoms with Gasteiger partial charge in [0.15, 0.2) is 0 Å². The van der Waals surface area contributed by atoms with Gasteiger partial charge in [-0.1, -0.05) is 12.2 Å². The second-order valence-corrected chi connectivity index (χ2v) is 3.87. The van der Waals surface area contributed by atoms with Crippen molar-refractivity contribution in [2.45, 2.75) is 18.6 Å². The van der Waals surface area contributed by atoms with Crippen LogP contribution in [0.3, 0.4) is 0 Å². The first-order valence-electron chi connectivity index (χ1n) is 4.24. The molecule has 3 aliphatic heterocycles. The van der Waals surface area contributed by atoms with Crippen molar-refractivity contribution in [3.8, 4) is 0 Å². The molecule has 0 aromatic rings. The monoisotopic (exact) mass is 180 g/mol. The highest BCUT2D eigenvalue weighted by Gasteiger charge is 2.64. The third-order valence-corrected chi connectivity index (χ3v) is 3.06. The summed E-state index contributed by atoms with van der Waals surface area (Å²) in [5.41, 5.74) is -0.613. The zero-order valence-electron chi connectivity index (χ0n) is 7.02. The Balaban J connectivity index is 2.13. The quantitative estimate of drug-likeness (QED) is 0.300. The van der Waals surface area contributed by atoms with Crippen molar-refractivity contribution in [1.29, 1.82) is 0 Å². The molecule has 0 spiro atoms. The number of ether oxygens (including phenoxy) is 2. The number of carbonyl (C=O) groups is 2. The molecule has 0 aliphatic carbocycles. The molecule has 4 heteroatoms. The lowest BCUT2D eigenvalue weighted by Crippen LogP contribution is -2.34. The Morgan fingerprint density at radius 3 is 2.85 bits per heavy atom. The Hall–Kier alpha value is -1.16. The van der Waals surface area contributed by atoms with E-state index in [4.69, 9.17) is 4.74 Å². The largest absolute Gasteiger partial charge is 0.393 e. The van der Waals surface area contributed by atoms with Crippen LogP contribution in [0, 0.1) is 11.8 Å². The summed E-state index contributed by atoms with van der Waals surface area (Å²) in [7, 11) is 0. The first-order chi connectivity index (χ1) is 6.12. The molecule has 0 N–H and O–H groups in total. The van der Waals surface area contributed by atoms with Crippen molar-refractivity contribution >= 4 is 11.9 Å². The minimum Gasteiger partial charge on any atom is -0.393 e. The van der Waals surface area contributed by atoms with Crippen LogP contribution in [0.5, 0.6) is 0 Å². The third-order valence-electron chi connectivity index (χ3n) is 3.06. The molecule has 2 bridgehead atoms. The summed E-state index contributed by atoms with van der Waals surface area (Å²) < 4.78 is 10.1.